The number of nitrogens with two attached hydrogens (primary N) is 1. The molecular weight excluding hydrogens is 234 g/mol. The average Bonchev–Trinajstić information content (AvgIpc) is 2.56. The average molecular weight is 242 g/mol. The van der Waals surface area contributed by atoms with Gasteiger partial charge in [0.25, 0.3) is 0 Å². The molecule has 0 saturated heterocycles. The summed E-state index contributed by atoms with van der Waals surface area (Å²) in [4.78, 5) is 0. The van der Waals surface area contributed by atoms with Crippen molar-refractivity contribution >= 4 is 12.2 Å². The number of halogens is 2. The maximum atomic E-state index is 13.7. The number of nitrogens with one attached hydrogen (secondary N) is 1. The molecule has 2 aromatic rings. The number of rotatable bonds is 1. The minimum absolute atomic E-state index is 0.0660. The Morgan fingerprint density at radius 2 is 2.12 bits per heavy atom. The Kier molecular flexibility index (Phi) is 2.47. The van der Waals surface area contributed by atoms with Crippen LogP contribution in [0, 0.1) is 23.3 Å². The van der Waals surface area contributed by atoms with Gasteiger partial charge < -0.3 is 5.84 Å². The Labute approximate surface area is 94.7 Å². The maximum Gasteiger partial charge on any atom is 0.214 e. The second-order valence-corrected chi connectivity index (χ2v) is 3.66. The van der Waals surface area contributed by atoms with E-state index < -0.39 is 11.6 Å². The first kappa shape index (κ1) is 10.7. The largest absolute Gasteiger partial charge is 0.335 e. The van der Waals surface area contributed by atoms with Gasteiger partial charge in [-0.25, -0.2) is 18.6 Å². The van der Waals surface area contributed by atoms with Gasteiger partial charge in [-0.05, 0) is 30.8 Å². The van der Waals surface area contributed by atoms with Crippen LogP contribution in [0.15, 0.2) is 12.1 Å². The second kappa shape index (κ2) is 3.67. The van der Waals surface area contributed by atoms with Gasteiger partial charge in [0.05, 0.1) is 5.56 Å². The topological polar surface area (TPSA) is 59.6 Å². The summed E-state index contributed by atoms with van der Waals surface area (Å²) in [5, 5.41) is 6.06. The van der Waals surface area contributed by atoms with Crippen LogP contribution < -0.4 is 5.84 Å². The first-order valence-corrected chi connectivity index (χ1v) is 4.80. The fraction of sp³-hybridized carbons (Fsp3) is 0.111. The van der Waals surface area contributed by atoms with E-state index >= 15 is 0 Å². The quantitative estimate of drug-likeness (QED) is 0.593. The molecule has 0 saturated carbocycles. The van der Waals surface area contributed by atoms with Crippen molar-refractivity contribution in [2.75, 3.05) is 5.84 Å². The van der Waals surface area contributed by atoms with E-state index in [1.807, 2.05) is 0 Å². The van der Waals surface area contributed by atoms with Crippen molar-refractivity contribution in [3.63, 3.8) is 0 Å². The number of aromatic amines is 1. The molecular formula is C9H8F2N4S. The minimum atomic E-state index is -0.733. The highest BCUT2D eigenvalue weighted by Gasteiger charge is 2.18. The van der Waals surface area contributed by atoms with Crippen LogP contribution in [0.4, 0.5) is 8.78 Å². The lowest BCUT2D eigenvalue weighted by molar-refractivity contribution is 0.580. The third kappa shape index (κ3) is 1.49. The molecule has 4 nitrogen and oxygen atoms in total. The molecule has 2 rings (SSSR count). The number of hydrogen-bond donors (Lipinski definition) is 2. The predicted octanol–water partition coefficient (Wildman–Crippen LogP) is 1.91. The highest BCUT2D eigenvalue weighted by molar-refractivity contribution is 7.71. The summed E-state index contributed by atoms with van der Waals surface area (Å²) >= 11 is 4.77. The van der Waals surface area contributed by atoms with Crippen molar-refractivity contribution in [1.82, 2.24) is 14.9 Å². The molecule has 0 unspecified atom stereocenters. The zero-order valence-corrected chi connectivity index (χ0v) is 9.11. The van der Waals surface area contributed by atoms with Crippen molar-refractivity contribution in [2.45, 2.75) is 6.92 Å². The van der Waals surface area contributed by atoms with Gasteiger partial charge in [0, 0.05) is 0 Å². The number of benzene rings is 1. The smallest absolute Gasteiger partial charge is 0.214 e. The van der Waals surface area contributed by atoms with E-state index in [2.05, 4.69) is 10.2 Å². The van der Waals surface area contributed by atoms with Gasteiger partial charge in [-0.3, -0.25) is 0 Å². The Balaban J connectivity index is 2.78. The molecule has 16 heavy (non-hydrogen) atoms. The van der Waals surface area contributed by atoms with Gasteiger partial charge in [0.15, 0.2) is 5.82 Å². The molecule has 0 bridgehead atoms. The summed E-state index contributed by atoms with van der Waals surface area (Å²) in [5.41, 5.74) is 0.0279. The van der Waals surface area contributed by atoms with Crippen molar-refractivity contribution in [2.24, 2.45) is 0 Å². The molecule has 3 N–H and O–H groups in total. The Bertz CT molecular complexity index is 602. The van der Waals surface area contributed by atoms with E-state index in [1.54, 1.807) is 0 Å². The lowest BCUT2D eigenvalue weighted by Crippen LogP contribution is -2.11. The summed E-state index contributed by atoms with van der Waals surface area (Å²) in [5.74, 6) is 4.02. The predicted molar refractivity (Wildman–Crippen MR) is 57.7 cm³/mol. The monoisotopic (exact) mass is 242 g/mol. The highest BCUT2D eigenvalue weighted by atomic mass is 32.1. The molecule has 0 amide bonds. The summed E-state index contributed by atoms with van der Waals surface area (Å²) in [6.07, 6.45) is 0. The van der Waals surface area contributed by atoms with E-state index in [9.17, 15) is 8.78 Å². The van der Waals surface area contributed by atoms with E-state index in [0.717, 1.165) is 10.7 Å². The molecule has 0 aliphatic rings. The first-order valence-electron chi connectivity index (χ1n) is 4.40. The van der Waals surface area contributed by atoms with Gasteiger partial charge in [0.2, 0.25) is 4.77 Å². The summed E-state index contributed by atoms with van der Waals surface area (Å²) < 4.78 is 28.3. The van der Waals surface area contributed by atoms with Crippen LogP contribution >= 0.6 is 12.2 Å². The fourth-order valence-electron chi connectivity index (χ4n) is 1.34. The number of aryl methyl sites for hydroxylation is 1. The van der Waals surface area contributed by atoms with Crippen molar-refractivity contribution in [3.05, 3.63) is 34.1 Å². The van der Waals surface area contributed by atoms with Crippen LogP contribution in [-0.4, -0.2) is 14.9 Å². The van der Waals surface area contributed by atoms with Gasteiger partial charge >= 0.3 is 0 Å². The Hall–Kier alpha value is -1.76. The molecule has 0 aliphatic heterocycles. The highest BCUT2D eigenvalue weighted by Crippen LogP contribution is 2.25. The van der Waals surface area contributed by atoms with Gasteiger partial charge in [-0.1, -0.05) is 6.07 Å². The molecule has 84 valence electrons. The zero-order valence-electron chi connectivity index (χ0n) is 8.29. The van der Waals surface area contributed by atoms with Crippen LogP contribution in [0.1, 0.15) is 5.56 Å². The standard InChI is InChI=1S/C9H8F2N4S/c1-4-2-3-5(10)6(7(4)11)8-13-14-9(16)15(8)12/h2-3H,12H2,1H3,(H,14,16). The number of nitrogens with zero attached hydrogens (tertiary/aromatic N) is 2. The molecule has 0 spiro atoms. The van der Waals surface area contributed by atoms with E-state index in [0.29, 0.717) is 5.56 Å². The molecule has 1 aromatic heterocycles. The van der Waals surface area contributed by atoms with Crippen LogP contribution in [0.25, 0.3) is 11.4 Å². The van der Waals surface area contributed by atoms with Crippen molar-refractivity contribution in [3.8, 4) is 11.4 Å². The summed E-state index contributed by atoms with van der Waals surface area (Å²) in [6.45, 7) is 1.53. The van der Waals surface area contributed by atoms with Crippen LogP contribution in [0.5, 0.6) is 0 Å². The number of hydrogen-bond acceptors (Lipinski definition) is 3. The molecule has 0 atom stereocenters. The Morgan fingerprint density at radius 3 is 2.69 bits per heavy atom. The van der Waals surface area contributed by atoms with E-state index in [-0.39, 0.29) is 16.2 Å². The molecule has 1 aromatic carbocycles. The molecule has 0 radical (unpaired) electrons. The normalized spacial score (nSPS) is 10.7. The maximum absolute atomic E-state index is 13.7. The van der Waals surface area contributed by atoms with Gasteiger partial charge in [-0.2, -0.15) is 5.10 Å². The number of nitrogen functional groups attached to an aromatic ring is 1. The fourth-order valence-corrected chi connectivity index (χ4v) is 1.47. The first-order chi connectivity index (χ1) is 7.52. The van der Waals surface area contributed by atoms with Crippen molar-refractivity contribution < 1.29 is 8.78 Å². The van der Waals surface area contributed by atoms with Crippen LogP contribution in [0.2, 0.25) is 0 Å². The zero-order chi connectivity index (χ0) is 11.9. The molecule has 0 fully saturated rings. The van der Waals surface area contributed by atoms with Gasteiger partial charge in [-0.15, -0.1) is 0 Å². The van der Waals surface area contributed by atoms with Crippen LogP contribution in [-0.2, 0) is 0 Å². The van der Waals surface area contributed by atoms with E-state index in [1.165, 1.54) is 13.0 Å². The third-order valence-electron chi connectivity index (χ3n) is 2.21. The van der Waals surface area contributed by atoms with Crippen LogP contribution in [0.3, 0.4) is 0 Å². The number of H-pyrrole nitrogens is 1. The Morgan fingerprint density at radius 1 is 1.44 bits per heavy atom. The second-order valence-electron chi connectivity index (χ2n) is 3.28. The number of aromatic nitrogens is 3. The minimum Gasteiger partial charge on any atom is -0.335 e. The molecule has 1 heterocycles. The summed E-state index contributed by atoms with van der Waals surface area (Å²) in [7, 11) is 0. The lowest BCUT2D eigenvalue weighted by atomic mass is 10.1. The third-order valence-corrected chi connectivity index (χ3v) is 2.50. The van der Waals surface area contributed by atoms with Gasteiger partial charge in [0.1, 0.15) is 11.6 Å². The summed E-state index contributed by atoms with van der Waals surface area (Å²) in [6, 6.07) is 2.50. The lowest BCUT2D eigenvalue weighted by Gasteiger charge is -2.05. The molecule has 7 heteroatoms. The van der Waals surface area contributed by atoms with E-state index in [4.69, 9.17) is 18.1 Å². The van der Waals surface area contributed by atoms with Crippen molar-refractivity contribution in [1.29, 1.82) is 0 Å². The molecule has 0 aliphatic carbocycles. The SMILES string of the molecule is Cc1ccc(F)c(-c2n[nH]c(=S)n2N)c1F.